The molecule has 0 amide bonds. The molecular weight excluding hydrogens is 244 g/mol. The molecule has 2 rings (SSSR count). The molecule has 3 nitrogen and oxygen atoms in total. The first-order valence-corrected chi connectivity index (χ1v) is 4.97. The predicted octanol–water partition coefficient (Wildman–Crippen LogP) is 3.05. The van der Waals surface area contributed by atoms with E-state index in [1.807, 2.05) is 25.3 Å². The Labute approximate surface area is 89.6 Å². The first kappa shape index (κ1) is 9.27. The van der Waals surface area contributed by atoms with Gasteiger partial charge in [-0.3, -0.25) is 0 Å². The van der Waals surface area contributed by atoms with Crippen LogP contribution < -0.4 is 0 Å². The van der Waals surface area contributed by atoms with Crippen molar-refractivity contribution < 1.29 is 5.21 Å². The smallest absolute Gasteiger partial charge is 0.0755 e. The third-order valence-corrected chi connectivity index (χ3v) is 2.88. The van der Waals surface area contributed by atoms with Gasteiger partial charge in [0.15, 0.2) is 0 Å². The van der Waals surface area contributed by atoms with E-state index in [-0.39, 0.29) is 0 Å². The number of hydrogen-bond donors (Lipinski definition) is 2. The molecule has 0 fully saturated rings. The summed E-state index contributed by atoms with van der Waals surface area (Å²) in [6.45, 7) is 2.03. The number of rotatable bonds is 1. The van der Waals surface area contributed by atoms with Gasteiger partial charge in [-0.2, -0.15) is 0 Å². The molecule has 0 spiro atoms. The molecule has 1 aromatic carbocycles. The van der Waals surface area contributed by atoms with Crippen LogP contribution in [0.15, 0.2) is 28.0 Å². The lowest BCUT2D eigenvalue weighted by Crippen LogP contribution is -1.81. The zero-order valence-electron chi connectivity index (χ0n) is 7.58. The SMILES string of the molecule is Cc1ccc(Br)c2[nH]cc(C=NO)c12. The zero-order chi connectivity index (χ0) is 10.1. The molecular formula is C10H9BrN2O. The van der Waals surface area contributed by atoms with E-state index < -0.39 is 0 Å². The molecule has 0 saturated heterocycles. The Balaban J connectivity index is 2.83. The van der Waals surface area contributed by atoms with Crippen molar-refractivity contribution in [3.8, 4) is 0 Å². The van der Waals surface area contributed by atoms with Crippen LogP contribution in [0.2, 0.25) is 0 Å². The standard InChI is InChI=1S/C10H9BrN2O/c1-6-2-3-8(11)10-9(6)7(4-12-10)5-13-14/h2-5,12,14H,1H3. The molecule has 2 aromatic rings. The number of nitrogens with one attached hydrogen (secondary N) is 1. The van der Waals surface area contributed by atoms with Crippen molar-refractivity contribution in [1.29, 1.82) is 0 Å². The maximum Gasteiger partial charge on any atom is 0.0755 e. The van der Waals surface area contributed by atoms with Crippen molar-refractivity contribution in [2.75, 3.05) is 0 Å². The van der Waals surface area contributed by atoms with Crippen molar-refractivity contribution in [3.63, 3.8) is 0 Å². The van der Waals surface area contributed by atoms with E-state index >= 15 is 0 Å². The highest BCUT2D eigenvalue weighted by Gasteiger charge is 2.07. The van der Waals surface area contributed by atoms with E-state index in [1.54, 1.807) is 0 Å². The van der Waals surface area contributed by atoms with E-state index in [2.05, 4.69) is 26.1 Å². The van der Waals surface area contributed by atoms with Crippen molar-refractivity contribution in [3.05, 3.63) is 33.9 Å². The van der Waals surface area contributed by atoms with Crippen molar-refractivity contribution in [2.45, 2.75) is 6.92 Å². The average molecular weight is 253 g/mol. The van der Waals surface area contributed by atoms with Gasteiger partial charge in [0.2, 0.25) is 0 Å². The van der Waals surface area contributed by atoms with Gasteiger partial charge >= 0.3 is 0 Å². The van der Waals surface area contributed by atoms with Crippen LogP contribution in [-0.4, -0.2) is 16.4 Å². The van der Waals surface area contributed by atoms with Crippen LogP contribution in [0.3, 0.4) is 0 Å². The highest BCUT2D eigenvalue weighted by molar-refractivity contribution is 9.10. The van der Waals surface area contributed by atoms with Crippen molar-refractivity contribution in [1.82, 2.24) is 4.98 Å². The topological polar surface area (TPSA) is 48.4 Å². The van der Waals surface area contributed by atoms with E-state index in [0.717, 1.165) is 26.5 Å². The normalized spacial score (nSPS) is 11.6. The minimum Gasteiger partial charge on any atom is -0.411 e. The number of H-pyrrole nitrogens is 1. The summed E-state index contributed by atoms with van der Waals surface area (Å²) in [5.74, 6) is 0. The van der Waals surface area contributed by atoms with Crippen LogP contribution >= 0.6 is 15.9 Å². The van der Waals surface area contributed by atoms with Crippen LogP contribution in [0.4, 0.5) is 0 Å². The molecule has 1 heterocycles. The molecule has 2 N–H and O–H groups in total. The summed E-state index contributed by atoms with van der Waals surface area (Å²) in [6, 6.07) is 4.02. The van der Waals surface area contributed by atoms with Crippen LogP contribution in [0, 0.1) is 6.92 Å². The second kappa shape index (κ2) is 3.46. The van der Waals surface area contributed by atoms with E-state index in [4.69, 9.17) is 5.21 Å². The zero-order valence-corrected chi connectivity index (χ0v) is 9.17. The lowest BCUT2D eigenvalue weighted by atomic mass is 10.1. The predicted molar refractivity (Wildman–Crippen MR) is 60.1 cm³/mol. The minimum atomic E-state index is 0.890. The summed E-state index contributed by atoms with van der Waals surface area (Å²) >= 11 is 3.46. The third kappa shape index (κ3) is 1.32. The van der Waals surface area contributed by atoms with Crippen molar-refractivity contribution in [2.24, 2.45) is 5.16 Å². The van der Waals surface area contributed by atoms with Gasteiger partial charge in [0.1, 0.15) is 0 Å². The van der Waals surface area contributed by atoms with Crippen LogP contribution in [-0.2, 0) is 0 Å². The maximum absolute atomic E-state index is 8.50. The Kier molecular flexibility index (Phi) is 2.29. The molecule has 14 heavy (non-hydrogen) atoms. The minimum absolute atomic E-state index is 0.890. The molecule has 0 unspecified atom stereocenters. The fourth-order valence-electron chi connectivity index (χ4n) is 1.58. The lowest BCUT2D eigenvalue weighted by Gasteiger charge is -1.99. The summed E-state index contributed by atoms with van der Waals surface area (Å²) in [5.41, 5.74) is 3.07. The molecule has 0 saturated carbocycles. The fourth-order valence-corrected chi connectivity index (χ4v) is 2.03. The highest BCUT2D eigenvalue weighted by atomic mass is 79.9. The van der Waals surface area contributed by atoms with Gasteiger partial charge in [-0.25, -0.2) is 0 Å². The molecule has 1 aromatic heterocycles. The third-order valence-electron chi connectivity index (χ3n) is 2.22. The summed E-state index contributed by atoms with van der Waals surface area (Å²) in [7, 11) is 0. The Bertz CT molecular complexity index is 502. The van der Waals surface area contributed by atoms with Crippen LogP contribution in [0.1, 0.15) is 11.1 Å². The number of fused-ring (bicyclic) bond motifs is 1. The summed E-state index contributed by atoms with van der Waals surface area (Å²) in [5, 5.41) is 12.6. The molecule has 4 heteroatoms. The number of aromatic amines is 1. The van der Waals surface area contributed by atoms with Gasteiger partial charge in [-0.1, -0.05) is 11.2 Å². The quantitative estimate of drug-likeness (QED) is 0.458. The second-order valence-electron chi connectivity index (χ2n) is 3.10. The lowest BCUT2D eigenvalue weighted by molar-refractivity contribution is 0.322. The van der Waals surface area contributed by atoms with Gasteiger partial charge in [-0.05, 0) is 34.5 Å². The van der Waals surface area contributed by atoms with Crippen molar-refractivity contribution >= 4 is 33.0 Å². The number of hydrogen-bond acceptors (Lipinski definition) is 2. The second-order valence-corrected chi connectivity index (χ2v) is 3.96. The van der Waals surface area contributed by atoms with Gasteiger partial charge in [-0.15, -0.1) is 0 Å². The molecule has 72 valence electrons. The van der Waals surface area contributed by atoms with Gasteiger partial charge in [0.05, 0.1) is 11.7 Å². The number of oxime groups is 1. The maximum atomic E-state index is 8.50. The first-order chi connectivity index (χ1) is 6.74. The number of nitrogens with zero attached hydrogens (tertiary/aromatic N) is 1. The summed E-state index contributed by atoms with van der Waals surface area (Å²) < 4.78 is 1.01. The molecule has 0 atom stereocenters. The van der Waals surface area contributed by atoms with E-state index in [1.165, 1.54) is 6.21 Å². The number of benzene rings is 1. The van der Waals surface area contributed by atoms with Crippen LogP contribution in [0.25, 0.3) is 10.9 Å². The largest absolute Gasteiger partial charge is 0.411 e. The number of aryl methyl sites for hydroxylation is 1. The Morgan fingerprint density at radius 1 is 1.50 bits per heavy atom. The monoisotopic (exact) mass is 252 g/mol. The summed E-state index contributed by atoms with van der Waals surface area (Å²) in [6.07, 6.45) is 3.25. The Morgan fingerprint density at radius 2 is 2.29 bits per heavy atom. The Morgan fingerprint density at radius 3 is 3.00 bits per heavy atom. The molecule has 0 bridgehead atoms. The number of aromatic nitrogens is 1. The van der Waals surface area contributed by atoms with Crippen LogP contribution in [0.5, 0.6) is 0 Å². The van der Waals surface area contributed by atoms with Gasteiger partial charge < -0.3 is 10.2 Å². The molecule has 0 aliphatic rings. The molecule has 0 aliphatic heterocycles. The average Bonchev–Trinajstić information content (AvgIpc) is 2.58. The summed E-state index contributed by atoms with van der Waals surface area (Å²) in [4.78, 5) is 3.13. The Hall–Kier alpha value is -1.29. The number of halogens is 1. The molecule has 0 aliphatic carbocycles. The fraction of sp³-hybridized carbons (Fsp3) is 0.100. The highest BCUT2D eigenvalue weighted by Crippen LogP contribution is 2.27. The van der Waals surface area contributed by atoms with E-state index in [9.17, 15) is 0 Å². The van der Waals surface area contributed by atoms with Gasteiger partial charge in [0, 0.05) is 21.6 Å². The first-order valence-electron chi connectivity index (χ1n) is 4.17. The molecule has 0 radical (unpaired) electrons. The van der Waals surface area contributed by atoms with Gasteiger partial charge in [0.25, 0.3) is 0 Å². The van der Waals surface area contributed by atoms with E-state index in [0.29, 0.717) is 0 Å².